The zero-order valence-corrected chi connectivity index (χ0v) is 12.8. The molecule has 1 aromatic carbocycles. The van der Waals surface area contributed by atoms with Crippen molar-refractivity contribution in [1.82, 2.24) is 4.31 Å². The summed E-state index contributed by atoms with van der Waals surface area (Å²) in [6, 6.07) is 3.08. The number of ether oxygens (including phenoxy) is 1. The molecule has 0 atom stereocenters. The molecule has 7 nitrogen and oxygen atoms in total. The van der Waals surface area contributed by atoms with Crippen LogP contribution in [0, 0.1) is 5.82 Å². The topological polar surface area (TPSA) is 95.9 Å². The Bertz CT molecular complexity index is 656. The molecule has 1 aliphatic rings. The Morgan fingerprint density at radius 3 is 2.55 bits per heavy atom. The van der Waals surface area contributed by atoms with Crippen molar-refractivity contribution >= 4 is 21.9 Å². The molecule has 1 saturated heterocycles. The van der Waals surface area contributed by atoms with Gasteiger partial charge in [-0.1, -0.05) is 0 Å². The largest absolute Gasteiger partial charge is 0.478 e. The number of carboxylic acids is 1. The quantitative estimate of drug-likeness (QED) is 0.847. The highest BCUT2D eigenvalue weighted by molar-refractivity contribution is 7.90. The Kier molecular flexibility index (Phi) is 4.99. The SMILES string of the molecule is COC1CCN(S(=O)(=O)Nc2ccc(C(=O)O)c(F)c2)CC1. The van der Waals surface area contributed by atoms with Crippen molar-refractivity contribution in [3.05, 3.63) is 29.6 Å². The van der Waals surface area contributed by atoms with Crippen LogP contribution in [-0.2, 0) is 14.9 Å². The van der Waals surface area contributed by atoms with Crippen LogP contribution in [0.3, 0.4) is 0 Å². The minimum atomic E-state index is -3.80. The van der Waals surface area contributed by atoms with Crippen LogP contribution < -0.4 is 4.72 Å². The second-order valence-corrected chi connectivity index (χ2v) is 6.61. The van der Waals surface area contributed by atoms with Crippen LogP contribution in [0.4, 0.5) is 10.1 Å². The van der Waals surface area contributed by atoms with Gasteiger partial charge in [0.05, 0.1) is 17.4 Å². The predicted molar refractivity (Wildman–Crippen MR) is 77.5 cm³/mol. The molecule has 0 saturated carbocycles. The normalized spacial score (nSPS) is 17.4. The van der Waals surface area contributed by atoms with Crippen LogP contribution in [0.1, 0.15) is 23.2 Å². The summed E-state index contributed by atoms with van der Waals surface area (Å²) in [6.07, 6.45) is 1.21. The van der Waals surface area contributed by atoms with E-state index in [1.54, 1.807) is 7.11 Å². The van der Waals surface area contributed by atoms with Gasteiger partial charge in [-0.3, -0.25) is 4.72 Å². The van der Waals surface area contributed by atoms with E-state index in [-0.39, 0.29) is 11.8 Å². The van der Waals surface area contributed by atoms with E-state index in [1.165, 1.54) is 10.4 Å². The highest BCUT2D eigenvalue weighted by Gasteiger charge is 2.28. The van der Waals surface area contributed by atoms with Crippen molar-refractivity contribution in [3.8, 4) is 0 Å². The summed E-state index contributed by atoms with van der Waals surface area (Å²) in [4.78, 5) is 10.7. The van der Waals surface area contributed by atoms with E-state index in [1.807, 2.05) is 0 Å². The number of nitrogens with one attached hydrogen (secondary N) is 1. The second kappa shape index (κ2) is 6.59. The van der Waals surface area contributed by atoms with E-state index in [4.69, 9.17) is 9.84 Å². The van der Waals surface area contributed by atoms with E-state index < -0.39 is 27.6 Å². The third kappa shape index (κ3) is 3.73. The Morgan fingerprint density at radius 1 is 1.41 bits per heavy atom. The molecule has 1 aliphatic heterocycles. The summed E-state index contributed by atoms with van der Waals surface area (Å²) in [5.74, 6) is -2.40. The molecule has 0 amide bonds. The van der Waals surface area contributed by atoms with Crippen molar-refractivity contribution < 1.29 is 27.4 Å². The molecule has 122 valence electrons. The average molecular weight is 332 g/mol. The van der Waals surface area contributed by atoms with Crippen LogP contribution in [0.25, 0.3) is 0 Å². The molecule has 2 rings (SSSR count). The minimum Gasteiger partial charge on any atom is -0.478 e. The van der Waals surface area contributed by atoms with E-state index in [0.29, 0.717) is 25.9 Å². The number of aromatic carboxylic acids is 1. The van der Waals surface area contributed by atoms with Crippen molar-refractivity contribution in [2.75, 3.05) is 24.9 Å². The number of nitrogens with zero attached hydrogens (tertiary/aromatic N) is 1. The van der Waals surface area contributed by atoms with Gasteiger partial charge in [0.2, 0.25) is 0 Å². The van der Waals surface area contributed by atoms with Gasteiger partial charge in [0.15, 0.2) is 0 Å². The number of methoxy groups -OCH3 is 1. The summed E-state index contributed by atoms with van der Waals surface area (Å²) < 4.78 is 46.7. The van der Waals surface area contributed by atoms with Gasteiger partial charge in [0.25, 0.3) is 0 Å². The Morgan fingerprint density at radius 2 is 2.05 bits per heavy atom. The molecule has 22 heavy (non-hydrogen) atoms. The van der Waals surface area contributed by atoms with Gasteiger partial charge in [-0.15, -0.1) is 0 Å². The third-order valence-corrected chi connectivity index (χ3v) is 5.06. The number of hydrogen-bond donors (Lipinski definition) is 2. The summed E-state index contributed by atoms with van der Waals surface area (Å²) in [6.45, 7) is 0.618. The first kappa shape index (κ1) is 16.7. The molecule has 1 fully saturated rings. The maximum atomic E-state index is 13.6. The number of carboxylic acid groups (broad SMARTS) is 1. The number of hydrogen-bond acceptors (Lipinski definition) is 4. The Balaban J connectivity index is 2.09. The van der Waals surface area contributed by atoms with Crippen LogP contribution >= 0.6 is 0 Å². The molecule has 0 spiro atoms. The van der Waals surface area contributed by atoms with Gasteiger partial charge in [0.1, 0.15) is 5.82 Å². The van der Waals surface area contributed by atoms with Crippen LogP contribution in [-0.4, -0.2) is 50.1 Å². The zero-order chi connectivity index (χ0) is 16.3. The summed E-state index contributed by atoms with van der Waals surface area (Å²) in [7, 11) is -2.22. The molecule has 9 heteroatoms. The zero-order valence-electron chi connectivity index (χ0n) is 12.0. The lowest BCUT2D eigenvalue weighted by molar-refractivity contribution is 0.0605. The summed E-state index contributed by atoms with van der Waals surface area (Å²) in [5, 5.41) is 8.74. The standard InChI is InChI=1S/C13H17FN2O5S/c1-21-10-4-6-16(7-5-10)22(19,20)15-9-2-3-11(13(17)18)12(14)8-9/h2-3,8,10,15H,4-7H2,1H3,(H,17,18). The second-order valence-electron chi connectivity index (χ2n) is 4.94. The molecule has 0 unspecified atom stereocenters. The van der Waals surface area contributed by atoms with Gasteiger partial charge < -0.3 is 9.84 Å². The van der Waals surface area contributed by atoms with Crippen molar-refractivity contribution in [1.29, 1.82) is 0 Å². The molecule has 1 heterocycles. The van der Waals surface area contributed by atoms with Gasteiger partial charge >= 0.3 is 16.2 Å². The Hall–Kier alpha value is -1.71. The molecular formula is C13H17FN2O5S. The third-order valence-electron chi connectivity index (χ3n) is 3.52. The maximum Gasteiger partial charge on any atom is 0.338 e. The smallest absolute Gasteiger partial charge is 0.338 e. The fraction of sp³-hybridized carbons (Fsp3) is 0.462. The van der Waals surface area contributed by atoms with Gasteiger partial charge in [-0.05, 0) is 31.0 Å². The van der Waals surface area contributed by atoms with Crippen molar-refractivity contribution in [2.45, 2.75) is 18.9 Å². The highest BCUT2D eigenvalue weighted by atomic mass is 32.2. The predicted octanol–water partition coefficient (Wildman–Crippen LogP) is 1.29. The molecule has 1 aromatic rings. The molecule has 0 aliphatic carbocycles. The van der Waals surface area contributed by atoms with E-state index in [9.17, 15) is 17.6 Å². The van der Waals surface area contributed by atoms with Gasteiger partial charge in [-0.25, -0.2) is 9.18 Å². The van der Waals surface area contributed by atoms with Crippen LogP contribution in [0.2, 0.25) is 0 Å². The molecule has 0 aromatic heterocycles. The lowest BCUT2D eigenvalue weighted by Gasteiger charge is -2.30. The van der Waals surface area contributed by atoms with Gasteiger partial charge in [-0.2, -0.15) is 12.7 Å². The van der Waals surface area contributed by atoms with E-state index in [2.05, 4.69) is 4.72 Å². The van der Waals surface area contributed by atoms with Crippen molar-refractivity contribution in [2.24, 2.45) is 0 Å². The fourth-order valence-electron chi connectivity index (χ4n) is 2.27. The van der Waals surface area contributed by atoms with Crippen LogP contribution in [0.5, 0.6) is 0 Å². The first-order valence-electron chi connectivity index (χ1n) is 6.67. The average Bonchev–Trinajstić information content (AvgIpc) is 2.46. The number of benzene rings is 1. The fourth-order valence-corrected chi connectivity index (χ4v) is 3.52. The Labute approximate surface area is 127 Å². The first-order chi connectivity index (χ1) is 10.3. The van der Waals surface area contributed by atoms with Gasteiger partial charge in [0, 0.05) is 20.2 Å². The summed E-state index contributed by atoms with van der Waals surface area (Å²) in [5.41, 5.74) is -0.528. The minimum absolute atomic E-state index is 0.0173. The molecule has 2 N–H and O–H groups in total. The number of rotatable bonds is 5. The van der Waals surface area contributed by atoms with E-state index in [0.717, 1.165) is 12.1 Å². The number of carbonyl (C=O) groups is 1. The van der Waals surface area contributed by atoms with E-state index >= 15 is 0 Å². The lowest BCUT2D eigenvalue weighted by atomic mass is 10.1. The van der Waals surface area contributed by atoms with Crippen molar-refractivity contribution in [3.63, 3.8) is 0 Å². The van der Waals surface area contributed by atoms with Crippen LogP contribution in [0.15, 0.2) is 18.2 Å². The highest BCUT2D eigenvalue weighted by Crippen LogP contribution is 2.20. The maximum absolute atomic E-state index is 13.6. The molecule has 0 bridgehead atoms. The molecule has 0 radical (unpaired) electrons. The lowest BCUT2D eigenvalue weighted by Crippen LogP contribution is -2.43. The number of piperidine rings is 1. The summed E-state index contributed by atoms with van der Waals surface area (Å²) >= 11 is 0. The first-order valence-corrected chi connectivity index (χ1v) is 8.11. The number of halogens is 1. The monoisotopic (exact) mass is 332 g/mol. The molecular weight excluding hydrogens is 315 g/mol. The number of anilines is 1.